The van der Waals surface area contributed by atoms with Gasteiger partial charge in [0.15, 0.2) is 5.65 Å². The highest BCUT2D eigenvalue weighted by Gasteiger charge is 2.34. The van der Waals surface area contributed by atoms with Crippen molar-refractivity contribution in [2.75, 3.05) is 6.54 Å². The molecule has 4 aromatic rings. The quantitative estimate of drug-likeness (QED) is 0.483. The van der Waals surface area contributed by atoms with E-state index in [0.29, 0.717) is 12.2 Å². The molecule has 1 fully saturated rings. The van der Waals surface area contributed by atoms with Gasteiger partial charge < -0.3 is 11.5 Å². The number of carbonyl (C=O) groups is 1. The molecule has 2 aromatic heterocycles. The van der Waals surface area contributed by atoms with E-state index in [2.05, 4.69) is 34.4 Å². The number of allylic oxidation sites excluding steroid dienone is 1. The Morgan fingerprint density at radius 1 is 1.00 bits per heavy atom. The summed E-state index contributed by atoms with van der Waals surface area (Å²) in [5.41, 5.74) is 18.8. The van der Waals surface area contributed by atoms with Crippen molar-refractivity contribution in [3.63, 3.8) is 0 Å². The maximum atomic E-state index is 12.2. The number of hydrogen-bond acceptors (Lipinski definition) is 5. The summed E-state index contributed by atoms with van der Waals surface area (Å²) >= 11 is 0. The van der Waals surface area contributed by atoms with Crippen molar-refractivity contribution in [2.45, 2.75) is 24.8 Å². The summed E-state index contributed by atoms with van der Waals surface area (Å²) in [5.74, 6) is -0.599. The molecule has 168 valence electrons. The lowest BCUT2D eigenvalue weighted by atomic mass is 9.72. The largest absolute Gasteiger partial charge is 0.364 e. The van der Waals surface area contributed by atoms with Crippen molar-refractivity contribution in [2.24, 2.45) is 16.5 Å². The number of hydrogen-bond donors (Lipinski definition) is 2. The zero-order valence-electron chi connectivity index (χ0n) is 18.6. The van der Waals surface area contributed by atoms with Gasteiger partial charge in [0.05, 0.1) is 18.0 Å². The second-order valence-electron chi connectivity index (χ2n) is 8.93. The number of imidazole rings is 1. The van der Waals surface area contributed by atoms with Gasteiger partial charge in [-0.2, -0.15) is 5.10 Å². The Morgan fingerprint density at radius 3 is 2.38 bits per heavy atom. The van der Waals surface area contributed by atoms with E-state index in [9.17, 15) is 4.79 Å². The van der Waals surface area contributed by atoms with Crippen LogP contribution in [0.25, 0.3) is 28.2 Å². The fourth-order valence-electron chi connectivity index (χ4n) is 4.74. The number of carbonyl (C=O) groups excluding carboxylic acids is 1. The molecule has 7 nitrogen and oxygen atoms in total. The molecule has 2 aliphatic rings. The van der Waals surface area contributed by atoms with E-state index < -0.39 is 5.91 Å². The SMILES string of the molecule is NC(=O)c1cc(C2=NCC=C2)c2nc(-c3ccc(C4(N)CCC4)cc3)c(-c3ccccc3)n2n1. The molecule has 1 saturated carbocycles. The lowest BCUT2D eigenvalue weighted by Crippen LogP contribution is -2.43. The van der Waals surface area contributed by atoms with Crippen LogP contribution in [0.2, 0.25) is 0 Å². The van der Waals surface area contributed by atoms with E-state index in [0.717, 1.165) is 58.6 Å². The van der Waals surface area contributed by atoms with Crippen LogP contribution in [0.1, 0.15) is 40.9 Å². The number of fused-ring (bicyclic) bond motifs is 1. The first-order chi connectivity index (χ1) is 16.5. The first-order valence-corrected chi connectivity index (χ1v) is 11.4. The van der Waals surface area contributed by atoms with Gasteiger partial charge in [0.1, 0.15) is 11.4 Å². The van der Waals surface area contributed by atoms with Crippen LogP contribution < -0.4 is 11.5 Å². The van der Waals surface area contributed by atoms with Gasteiger partial charge in [-0.3, -0.25) is 9.79 Å². The summed E-state index contributed by atoms with van der Waals surface area (Å²) in [4.78, 5) is 21.7. The molecule has 1 aliphatic heterocycles. The fourth-order valence-corrected chi connectivity index (χ4v) is 4.74. The maximum Gasteiger partial charge on any atom is 0.269 e. The lowest BCUT2D eigenvalue weighted by Gasteiger charge is -2.38. The van der Waals surface area contributed by atoms with E-state index in [1.807, 2.05) is 42.5 Å². The molecule has 1 amide bonds. The molecular formula is C27H24N6O. The van der Waals surface area contributed by atoms with E-state index >= 15 is 0 Å². The Bertz CT molecular complexity index is 1480. The van der Waals surface area contributed by atoms with Crippen molar-refractivity contribution in [3.8, 4) is 22.5 Å². The molecule has 0 spiro atoms. The highest BCUT2D eigenvalue weighted by molar-refractivity contribution is 6.14. The third-order valence-electron chi connectivity index (χ3n) is 6.78. The van der Waals surface area contributed by atoms with Gasteiger partial charge >= 0.3 is 0 Å². The second-order valence-corrected chi connectivity index (χ2v) is 8.93. The topological polar surface area (TPSA) is 112 Å². The minimum atomic E-state index is -0.599. The normalized spacial score (nSPS) is 16.4. The Hall–Kier alpha value is -4.10. The highest BCUT2D eigenvalue weighted by atomic mass is 16.1. The summed E-state index contributed by atoms with van der Waals surface area (Å²) in [5, 5.41) is 4.59. The van der Waals surface area contributed by atoms with Crippen molar-refractivity contribution in [3.05, 3.63) is 89.6 Å². The second kappa shape index (κ2) is 7.74. The number of rotatable bonds is 5. The van der Waals surface area contributed by atoms with Crippen molar-refractivity contribution in [1.82, 2.24) is 14.6 Å². The molecule has 4 N–H and O–H groups in total. The van der Waals surface area contributed by atoms with Crippen LogP contribution in [0.4, 0.5) is 0 Å². The third kappa shape index (κ3) is 3.24. The molecule has 0 unspecified atom stereocenters. The van der Waals surface area contributed by atoms with Crippen molar-refractivity contribution in [1.29, 1.82) is 0 Å². The van der Waals surface area contributed by atoms with Gasteiger partial charge in [0.25, 0.3) is 5.91 Å². The van der Waals surface area contributed by atoms with E-state index in [-0.39, 0.29) is 11.2 Å². The average Bonchev–Trinajstić information content (AvgIpc) is 3.51. The summed E-state index contributed by atoms with van der Waals surface area (Å²) in [7, 11) is 0. The van der Waals surface area contributed by atoms with Gasteiger partial charge in [-0.05, 0) is 37.0 Å². The smallest absolute Gasteiger partial charge is 0.269 e. The van der Waals surface area contributed by atoms with E-state index in [1.54, 1.807) is 10.6 Å². The minimum absolute atomic E-state index is 0.164. The molecule has 0 atom stereocenters. The molecule has 0 radical (unpaired) electrons. The highest BCUT2D eigenvalue weighted by Crippen LogP contribution is 2.40. The van der Waals surface area contributed by atoms with E-state index in [4.69, 9.17) is 16.5 Å². The molecule has 1 aliphatic carbocycles. The molecular weight excluding hydrogens is 424 g/mol. The number of benzene rings is 2. The fraction of sp³-hybridized carbons (Fsp3) is 0.185. The van der Waals surface area contributed by atoms with Crippen LogP contribution in [0.15, 0.2) is 77.8 Å². The van der Waals surface area contributed by atoms with Crippen LogP contribution in [0, 0.1) is 0 Å². The predicted molar refractivity (Wildman–Crippen MR) is 133 cm³/mol. The molecule has 6 rings (SSSR count). The van der Waals surface area contributed by atoms with Gasteiger partial charge in [-0.1, -0.05) is 60.7 Å². The van der Waals surface area contributed by atoms with Crippen LogP contribution in [0.5, 0.6) is 0 Å². The molecule has 34 heavy (non-hydrogen) atoms. The Labute approximate surface area is 196 Å². The first-order valence-electron chi connectivity index (χ1n) is 11.4. The summed E-state index contributed by atoms with van der Waals surface area (Å²) in [6.45, 7) is 0.594. The standard InChI is InChI=1S/C27H24N6O/c28-25(34)22-16-20(21-8-4-15-30-21)26-31-23(24(33(26)32-22)18-6-2-1-3-7-18)17-9-11-19(12-10-17)27(29)13-5-14-27/h1-4,6-12,16H,5,13-15,29H2,(H2,28,34). The predicted octanol–water partition coefficient (Wildman–Crippen LogP) is 3.86. The van der Waals surface area contributed by atoms with Crippen LogP contribution in [0.3, 0.4) is 0 Å². The molecule has 0 bridgehead atoms. The lowest BCUT2D eigenvalue weighted by molar-refractivity contribution is 0.0994. The maximum absolute atomic E-state index is 12.2. The Kier molecular flexibility index (Phi) is 4.67. The number of aliphatic imine (C=N–C) groups is 1. The zero-order valence-corrected chi connectivity index (χ0v) is 18.6. The monoisotopic (exact) mass is 448 g/mol. The first kappa shape index (κ1) is 20.5. The van der Waals surface area contributed by atoms with Crippen LogP contribution in [-0.4, -0.2) is 32.8 Å². The number of nitrogens with zero attached hydrogens (tertiary/aromatic N) is 4. The van der Waals surface area contributed by atoms with Gasteiger partial charge in [-0.25, -0.2) is 9.50 Å². The number of aromatic nitrogens is 3. The molecule has 3 heterocycles. The van der Waals surface area contributed by atoms with Crippen molar-refractivity contribution >= 4 is 17.3 Å². The number of nitrogens with two attached hydrogens (primary N) is 2. The number of primary amides is 1. The van der Waals surface area contributed by atoms with Crippen LogP contribution >= 0.6 is 0 Å². The Morgan fingerprint density at radius 2 is 1.76 bits per heavy atom. The summed E-state index contributed by atoms with van der Waals surface area (Å²) in [6, 6.07) is 19.9. The van der Waals surface area contributed by atoms with Crippen molar-refractivity contribution < 1.29 is 4.79 Å². The number of amides is 1. The Balaban J connectivity index is 1.61. The average molecular weight is 449 g/mol. The molecule has 0 saturated heterocycles. The van der Waals surface area contributed by atoms with Gasteiger partial charge in [-0.15, -0.1) is 0 Å². The minimum Gasteiger partial charge on any atom is -0.364 e. The summed E-state index contributed by atoms with van der Waals surface area (Å²) in [6.07, 6.45) is 7.09. The van der Waals surface area contributed by atoms with Gasteiger partial charge in [0.2, 0.25) is 0 Å². The summed E-state index contributed by atoms with van der Waals surface area (Å²) < 4.78 is 1.72. The zero-order chi connectivity index (χ0) is 23.3. The molecule has 2 aromatic carbocycles. The van der Waals surface area contributed by atoms with E-state index in [1.165, 1.54) is 0 Å². The molecule has 7 heteroatoms. The van der Waals surface area contributed by atoms with Gasteiger partial charge in [0, 0.05) is 22.2 Å². The third-order valence-corrected chi connectivity index (χ3v) is 6.78. The van der Waals surface area contributed by atoms with Crippen LogP contribution in [-0.2, 0) is 5.54 Å².